The molecule has 6 nitrogen and oxygen atoms in total. The molecule has 0 aliphatic carbocycles. The zero-order valence-electron chi connectivity index (χ0n) is 13.3. The average molecular weight is 326 g/mol. The second kappa shape index (κ2) is 7.14. The van der Waals surface area contributed by atoms with E-state index in [9.17, 15) is 9.90 Å². The van der Waals surface area contributed by atoms with Gasteiger partial charge in [0.15, 0.2) is 0 Å². The minimum atomic E-state index is -0.824. The van der Waals surface area contributed by atoms with Crippen molar-refractivity contribution in [3.63, 3.8) is 0 Å². The molecule has 3 aromatic rings. The zero-order valence-corrected chi connectivity index (χ0v) is 13.3. The molecule has 0 fully saturated rings. The van der Waals surface area contributed by atoms with Crippen LogP contribution in [0.25, 0.3) is 11.0 Å². The Balaban J connectivity index is 1.69. The van der Waals surface area contributed by atoms with E-state index in [4.69, 9.17) is 9.47 Å². The topological polar surface area (TPSA) is 73.6 Å². The van der Waals surface area contributed by atoms with Gasteiger partial charge < -0.3 is 19.1 Å². The van der Waals surface area contributed by atoms with Crippen LogP contribution >= 0.6 is 0 Å². The average Bonchev–Trinajstić information content (AvgIpc) is 2.63. The Hall–Kier alpha value is -2.86. The molecule has 6 heteroatoms. The highest BCUT2D eigenvalue weighted by Crippen LogP contribution is 2.17. The number of methoxy groups -OCH3 is 1. The summed E-state index contributed by atoms with van der Waals surface area (Å²) in [5.41, 5.74) is 1.14. The Morgan fingerprint density at radius 1 is 1.12 bits per heavy atom. The molecule has 0 bridgehead atoms. The summed E-state index contributed by atoms with van der Waals surface area (Å²) in [6.07, 6.45) is 0.440. The van der Waals surface area contributed by atoms with Gasteiger partial charge in [-0.15, -0.1) is 0 Å². The third-order valence-corrected chi connectivity index (χ3v) is 3.65. The number of para-hydroxylation sites is 2. The van der Waals surface area contributed by atoms with Crippen LogP contribution in [0.4, 0.5) is 0 Å². The van der Waals surface area contributed by atoms with Crippen molar-refractivity contribution < 1.29 is 14.6 Å². The molecule has 0 aliphatic rings. The smallest absolute Gasteiger partial charge is 0.269 e. The molecule has 1 aromatic heterocycles. The molecule has 0 saturated heterocycles. The largest absolute Gasteiger partial charge is 0.497 e. The van der Waals surface area contributed by atoms with Gasteiger partial charge in [0.05, 0.1) is 30.9 Å². The van der Waals surface area contributed by atoms with Crippen molar-refractivity contribution in [2.45, 2.75) is 12.6 Å². The van der Waals surface area contributed by atoms with E-state index >= 15 is 0 Å². The fourth-order valence-corrected chi connectivity index (χ4v) is 2.43. The molecule has 0 spiro atoms. The van der Waals surface area contributed by atoms with Crippen molar-refractivity contribution in [1.29, 1.82) is 0 Å². The molecule has 3 rings (SSSR count). The maximum Gasteiger partial charge on any atom is 0.269 e. The van der Waals surface area contributed by atoms with Crippen LogP contribution in [0.3, 0.4) is 0 Å². The lowest BCUT2D eigenvalue weighted by atomic mass is 10.2. The van der Waals surface area contributed by atoms with E-state index < -0.39 is 6.10 Å². The Morgan fingerprint density at radius 2 is 1.83 bits per heavy atom. The number of fused-ring (bicyclic) bond motifs is 1. The minimum absolute atomic E-state index is 0.0788. The van der Waals surface area contributed by atoms with Crippen molar-refractivity contribution in [2.24, 2.45) is 0 Å². The van der Waals surface area contributed by atoms with Gasteiger partial charge in [0.2, 0.25) is 0 Å². The lowest BCUT2D eigenvalue weighted by Crippen LogP contribution is -2.30. The van der Waals surface area contributed by atoms with Gasteiger partial charge >= 0.3 is 0 Å². The molecule has 2 aromatic carbocycles. The number of aromatic nitrogens is 2. The second-order valence-corrected chi connectivity index (χ2v) is 5.34. The number of ether oxygens (including phenoxy) is 2. The summed E-state index contributed by atoms with van der Waals surface area (Å²) >= 11 is 0. The molecular weight excluding hydrogens is 308 g/mol. The normalized spacial score (nSPS) is 12.1. The van der Waals surface area contributed by atoms with E-state index in [1.807, 2.05) is 18.2 Å². The molecule has 1 heterocycles. The lowest BCUT2D eigenvalue weighted by molar-refractivity contribution is 0.0926. The predicted octanol–water partition coefficient (Wildman–Crippen LogP) is 1.84. The first-order valence-electron chi connectivity index (χ1n) is 7.57. The summed E-state index contributed by atoms with van der Waals surface area (Å²) in [6, 6.07) is 14.4. The van der Waals surface area contributed by atoms with E-state index in [0.29, 0.717) is 16.8 Å². The van der Waals surface area contributed by atoms with Crippen LogP contribution < -0.4 is 15.0 Å². The molecule has 0 unspecified atom stereocenters. The molecule has 0 radical (unpaired) electrons. The summed E-state index contributed by atoms with van der Waals surface area (Å²) in [4.78, 5) is 16.1. The number of hydrogen-bond donors (Lipinski definition) is 1. The SMILES string of the molecule is COc1ccc(OC[C@@H](O)Cn2c(=O)cnc3ccccc32)cc1. The summed E-state index contributed by atoms with van der Waals surface area (Å²) in [6.45, 7) is 0.216. The fraction of sp³-hybridized carbons (Fsp3) is 0.222. The fourth-order valence-electron chi connectivity index (χ4n) is 2.43. The van der Waals surface area contributed by atoms with Crippen LogP contribution in [-0.2, 0) is 6.54 Å². The molecular formula is C18H18N2O4. The van der Waals surface area contributed by atoms with Crippen molar-refractivity contribution in [1.82, 2.24) is 9.55 Å². The number of benzene rings is 2. The highest BCUT2D eigenvalue weighted by Gasteiger charge is 2.11. The molecule has 0 amide bonds. The standard InChI is InChI=1S/C18H18N2O4/c1-23-14-6-8-15(9-7-14)24-12-13(21)11-20-17-5-3-2-4-16(17)19-10-18(20)22/h2-10,13,21H,11-12H2,1H3/t13-/m0/s1. The van der Waals surface area contributed by atoms with Crippen molar-refractivity contribution >= 4 is 11.0 Å². The summed E-state index contributed by atoms with van der Waals surface area (Å²) in [5, 5.41) is 10.2. The monoisotopic (exact) mass is 326 g/mol. The molecule has 0 aliphatic heterocycles. The first-order chi connectivity index (χ1) is 11.7. The number of nitrogens with zero attached hydrogens (tertiary/aromatic N) is 2. The van der Waals surface area contributed by atoms with Crippen molar-refractivity contribution in [3.8, 4) is 11.5 Å². The number of aliphatic hydroxyl groups is 1. The zero-order chi connectivity index (χ0) is 16.9. The van der Waals surface area contributed by atoms with Crippen molar-refractivity contribution in [2.75, 3.05) is 13.7 Å². The van der Waals surface area contributed by atoms with E-state index in [-0.39, 0.29) is 18.7 Å². The molecule has 1 N–H and O–H groups in total. The van der Waals surface area contributed by atoms with Crippen molar-refractivity contribution in [3.05, 3.63) is 65.1 Å². The van der Waals surface area contributed by atoms with Gasteiger partial charge in [0.1, 0.15) is 24.2 Å². The van der Waals surface area contributed by atoms with Gasteiger partial charge in [0.25, 0.3) is 5.56 Å². The maximum atomic E-state index is 12.0. The summed E-state index contributed by atoms with van der Waals surface area (Å²) in [5.74, 6) is 1.36. The van der Waals surface area contributed by atoms with Gasteiger partial charge in [-0.05, 0) is 36.4 Å². The van der Waals surface area contributed by atoms with Gasteiger partial charge in [-0.3, -0.25) is 4.79 Å². The van der Waals surface area contributed by atoms with Crippen LogP contribution in [0, 0.1) is 0 Å². The van der Waals surface area contributed by atoms with E-state index in [1.54, 1.807) is 37.4 Å². The quantitative estimate of drug-likeness (QED) is 0.748. The Kier molecular flexibility index (Phi) is 4.77. The highest BCUT2D eigenvalue weighted by atomic mass is 16.5. The summed E-state index contributed by atoms with van der Waals surface area (Å²) in [7, 11) is 1.59. The van der Waals surface area contributed by atoms with Crippen LogP contribution in [0.2, 0.25) is 0 Å². The third kappa shape index (κ3) is 3.55. The van der Waals surface area contributed by atoms with Gasteiger partial charge in [0, 0.05) is 0 Å². The molecule has 1 atom stereocenters. The van der Waals surface area contributed by atoms with E-state index in [1.165, 1.54) is 10.8 Å². The maximum absolute atomic E-state index is 12.0. The first-order valence-corrected chi connectivity index (χ1v) is 7.57. The van der Waals surface area contributed by atoms with Gasteiger partial charge in [-0.25, -0.2) is 4.98 Å². The van der Waals surface area contributed by atoms with Gasteiger partial charge in [-0.2, -0.15) is 0 Å². The highest BCUT2D eigenvalue weighted by molar-refractivity contribution is 5.74. The summed E-state index contributed by atoms with van der Waals surface area (Å²) < 4.78 is 12.1. The van der Waals surface area contributed by atoms with Crippen LogP contribution in [-0.4, -0.2) is 34.5 Å². The first kappa shape index (κ1) is 16.0. The lowest BCUT2D eigenvalue weighted by Gasteiger charge is -2.15. The number of rotatable bonds is 6. The van der Waals surface area contributed by atoms with Crippen LogP contribution in [0.5, 0.6) is 11.5 Å². The Bertz CT molecular complexity index is 874. The number of hydrogen-bond acceptors (Lipinski definition) is 5. The van der Waals surface area contributed by atoms with E-state index in [0.717, 1.165) is 5.75 Å². The van der Waals surface area contributed by atoms with Crippen LogP contribution in [0.15, 0.2) is 59.5 Å². The Labute approximate surface area is 138 Å². The Morgan fingerprint density at radius 3 is 2.58 bits per heavy atom. The third-order valence-electron chi connectivity index (χ3n) is 3.65. The predicted molar refractivity (Wildman–Crippen MR) is 90.5 cm³/mol. The van der Waals surface area contributed by atoms with Gasteiger partial charge in [-0.1, -0.05) is 12.1 Å². The van der Waals surface area contributed by atoms with E-state index in [2.05, 4.69) is 4.98 Å². The molecule has 0 saturated carbocycles. The molecule has 124 valence electrons. The minimum Gasteiger partial charge on any atom is -0.497 e. The molecule has 24 heavy (non-hydrogen) atoms. The second-order valence-electron chi connectivity index (χ2n) is 5.34. The van der Waals surface area contributed by atoms with Crippen LogP contribution in [0.1, 0.15) is 0 Å². The number of aliphatic hydroxyl groups excluding tert-OH is 1.